The van der Waals surface area contributed by atoms with E-state index in [1.165, 1.54) is 23.1 Å². The largest absolute Gasteiger partial charge is 0.344 e. The molecular formula is C18H17N3OS2. The number of rotatable bonds is 6. The van der Waals surface area contributed by atoms with E-state index in [0.29, 0.717) is 0 Å². The van der Waals surface area contributed by atoms with Crippen LogP contribution in [0.3, 0.4) is 0 Å². The first-order chi connectivity index (χ1) is 11.7. The maximum atomic E-state index is 12.7. The van der Waals surface area contributed by atoms with E-state index in [1.54, 1.807) is 5.51 Å². The summed E-state index contributed by atoms with van der Waals surface area (Å²) in [4.78, 5) is 12.7. The second-order valence-electron chi connectivity index (χ2n) is 5.23. The number of nitrogens with zero attached hydrogens (tertiary/aromatic N) is 2. The van der Waals surface area contributed by atoms with Crippen molar-refractivity contribution >= 4 is 29.0 Å². The Morgan fingerprint density at radius 1 is 1.04 bits per heavy atom. The Labute approximate surface area is 149 Å². The molecule has 24 heavy (non-hydrogen) atoms. The van der Waals surface area contributed by atoms with Crippen molar-refractivity contribution in [3.05, 3.63) is 77.3 Å². The van der Waals surface area contributed by atoms with Gasteiger partial charge in [0.2, 0.25) is 5.91 Å². The van der Waals surface area contributed by atoms with Gasteiger partial charge in [0.25, 0.3) is 0 Å². The van der Waals surface area contributed by atoms with E-state index in [2.05, 4.69) is 15.5 Å². The number of benzene rings is 2. The highest BCUT2D eigenvalue weighted by Crippen LogP contribution is 2.26. The molecule has 0 spiro atoms. The molecule has 0 aliphatic heterocycles. The van der Waals surface area contributed by atoms with Gasteiger partial charge in [-0.1, -0.05) is 83.8 Å². The van der Waals surface area contributed by atoms with Gasteiger partial charge in [0.05, 0.1) is 11.3 Å². The fraction of sp³-hybridized carbons (Fsp3) is 0.167. The molecule has 0 fully saturated rings. The lowest BCUT2D eigenvalue weighted by Gasteiger charge is -2.21. The zero-order chi connectivity index (χ0) is 16.8. The molecule has 0 aliphatic carbocycles. The molecule has 3 rings (SSSR count). The lowest BCUT2D eigenvalue weighted by atomic mass is 9.98. The summed E-state index contributed by atoms with van der Waals surface area (Å²) in [6.45, 7) is 1.88. The van der Waals surface area contributed by atoms with E-state index >= 15 is 0 Å². The number of aromatic nitrogens is 2. The van der Waals surface area contributed by atoms with Gasteiger partial charge in [-0.05, 0) is 18.1 Å². The molecule has 1 amide bonds. The number of thioether (sulfide) groups is 1. The molecule has 1 atom stereocenters. The summed E-state index contributed by atoms with van der Waals surface area (Å²) in [5.41, 5.74) is 3.79. The van der Waals surface area contributed by atoms with Gasteiger partial charge in [-0.3, -0.25) is 4.79 Å². The van der Waals surface area contributed by atoms with E-state index in [1.807, 2.05) is 67.6 Å². The highest BCUT2D eigenvalue weighted by Gasteiger charge is 2.21. The molecule has 1 aromatic heterocycles. The minimum Gasteiger partial charge on any atom is -0.344 e. The molecule has 6 heteroatoms. The lowest BCUT2D eigenvalue weighted by molar-refractivity contribution is -0.120. The molecule has 2 aromatic carbocycles. The average Bonchev–Trinajstić information content (AvgIpc) is 3.14. The molecule has 0 bridgehead atoms. The van der Waals surface area contributed by atoms with Crippen LogP contribution in [0.4, 0.5) is 0 Å². The monoisotopic (exact) mass is 355 g/mol. The van der Waals surface area contributed by atoms with Crippen LogP contribution in [-0.2, 0) is 4.79 Å². The molecule has 1 N–H and O–H groups in total. The fourth-order valence-electron chi connectivity index (χ4n) is 2.33. The van der Waals surface area contributed by atoms with Crippen LogP contribution in [0.1, 0.15) is 24.1 Å². The van der Waals surface area contributed by atoms with E-state index in [9.17, 15) is 4.79 Å². The van der Waals surface area contributed by atoms with Gasteiger partial charge < -0.3 is 5.32 Å². The van der Waals surface area contributed by atoms with Gasteiger partial charge >= 0.3 is 0 Å². The van der Waals surface area contributed by atoms with Gasteiger partial charge in [-0.2, -0.15) is 0 Å². The Hall–Kier alpha value is -2.18. The Kier molecular flexibility index (Phi) is 5.61. The minimum absolute atomic E-state index is 0.0205. The number of hydrogen-bond donors (Lipinski definition) is 1. The minimum atomic E-state index is -0.243. The van der Waals surface area contributed by atoms with Crippen LogP contribution in [-0.4, -0.2) is 21.4 Å². The van der Waals surface area contributed by atoms with Gasteiger partial charge in [0, 0.05) is 0 Å². The Morgan fingerprint density at radius 3 is 2.12 bits per heavy atom. The summed E-state index contributed by atoms with van der Waals surface area (Å²) in [5.74, 6) is -0.0205. The number of nitrogens with one attached hydrogen (secondary N) is 1. The van der Waals surface area contributed by atoms with Gasteiger partial charge in [0.15, 0.2) is 4.34 Å². The summed E-state index contributed by atoms with van der Waals surface area (Å²) < 4.78 is 0.800. The standard InChI is InChI=1S/C18H17N3OS2/c1-13(24-18-21-19-12-23-18)17(22)20-16(14-8-4-2-5-9-14)15-10-6-3-7-11-15/h2-13,16H,1H3,(H,20,22)/t13-/m0/s1. The average molecular weight is 355 g/mol. The summed E-state index contributed by atoms with van der Waals surface area (Å²) in [6, 6.07) is 19.8. The van der Waals surface area contributed by atoms with Crippen molar-refractivity contribution in [2.45, 2.75) is 22.6 Å². The van der Waals surface area contributed by atoms with E-state index in [0.717, 1.165) is 15.5 Å². The van der Waals surface area contributed by atoms with E-state index in [4.69, 9.17) is 0 Å². The van der Waals surface area contributed by atoms with Crippen LogP contribution >= 0.6 is 23.1 Å². The fourth-order valence-corrected chi connectivity index (χ4v) is 3.96. The van der Waals surface area contributed by atoms with Crippen molar-refractivity contribution in [3.8, 4) is 0 Å². The third-order valence-electron chi connectivity index (χ3n) is 3.54. The summed E-state index contributed by atoms with van der Waals surface area (Å²) in [6.07, 6.45) is 0. The summed E-state index contributed by atoms with van der Waals surface area (Å²) in [7, 11) is 0. The van der Waals surface area contributed by atoms with Crippen LogP contribution in [0, 0.1) is 0 Å². The normalized spacial score (nSPS) is 12.1. The van der Waals surface area contributed by atoms with E-state index in [-0.39, 0.29) is 17.2 Å². The van der Waals surface area contributed by atoms with Crippen molar-refractivity contribution in [1.29, 1.82) is 0 Å². The van der Waals surface area contributed by atoms with Crippen LogP contribution < -0.4 is 5.32 Å². The smallest absolute Gasteiger partial charge is 0.234 e. The third kappa shape index (κ3) is 4.21. The van der Waals surface area contributed by atoms with Crippen LogP contribution in [0.5, 0.6) is 0 Å². The zero-order valence-corrected chi connectivity index (χ0v) is 14.8. The molecule has 0 saturated carbocycles. The van der Waals surface area contributed by atoms with Gasteiger partial charge in [-0.25, -0.2) is 0 Å². The molecule has 3 aromatic rings. The van der Waals surface area contributed by atoms with Gasteiger partial charge in [-0.15, -0.1) is 10.2 Å². The predicted molar refractivity (Wildman–Crippen MR) is 98.1 cm³/mol. The molecule has 0 radical (unpaired) electrons. The van der Waals surface area contributed by atoms with Crippen LogP contribution in [0.15, 0.2) is 70.5 Å². The van der Waals surface area contributed by atoms with Crippen molar-refractivity contribution in [2.75, 3.05) is 0 Å². The van der Waals surface area contributed by atoms with Gasteiger partial charge in [0.1, 0.15) is 5.51 Å². The summed E-state index contributed by atoms with van der Waals surface area (Å²) >= 11 is 2.86. The second-order valence-corrected chi connectivity index (χ2v) is 7.65. The lowest BCUT2D eigenvalue weighted by Crippen LogP contribution is -2.34. The molecule has 122 valence electrons. The number of carbonyl (C=O) groups is 1. The first-order valence-electron chi connectivity index (χ1n) is 7.57. The Balaban J connectivity index is 1.78. The molecule has 0 unspecified atom stereocenters. The van der Waals surface area contributed by atoms with E-state index < -0.39 is 0 Å². The molecule has 0 aliphatic rings. The SMILES string of the molecule is C[C@H](Sc1nncs1)C(=O)NC(c1ccccc1)c1ccccc1. The summed E-state index contributed by atoms with van der Waals surface area (Å²) in [5, 5.41) is 10.7. The highest BCUT2D eigenvalue weighted by molar-refractivity contribution is 8.02. The maximum Gasteiger partial charge on any atom is 0.234 e. The molecule has 4 nitrogen and oxygen atoms in total. The first-order valence-corrected chi connectivity index (χ1v) is 9.33. The van der Waals surface area contributed by atoms with Crippen molar-refractivity contribution in [3.63, 3.8) is 0 Å². The second kappa shape index (κ2) is 8.08. The quantitative estimate of drug-likeness (QED) is 0.681. The predicted octanol–water partition coefficient (Wildman–Crippen LogP) is 3.92. The van der Waals surface area contributed by atoms with Crippen molar-refractivity contribution in [2.24, 2.45) is 0 Å². The Bertz CT molecular complexity index is 724. The maximum absolute atomic E-state index is 12.7. The molecule has 0 saturated heterocycles. The third-order valence-corrected chi connectivity index (χ3v) is 5.45. The van der Waals surface area contributed by atoms with Crippen LogP contribution in [0.25, 0.3) is 0 Å². The van der Waals surface area contributed by atoms with Crippen molar-refractivity contribution in [1.82, 2.24) is 15.5 Å². The van der Waals surface area contributed by atoms with Crippen molar-refractivity contribution < 1.29 is 4.79 Å². The number of carbonyl (C=O) groups excluding carboxylic acids is 1. The molecular weight excluding hydrogens is 338 g/mol. The van der Waals surface area contributed by atoms with Crippen LogP contribution in [0.2, 0.25) is 0 Å². The zero-order valence-electron chi connectivity index (χ0n) is 13.1. The number of hydrogen-bond acceptors (Lipinski definition) is 5. The highest BCUT2D eigenvalue weighted by atomic mass is 32.2. The molecule has 1 heterocycles. The number of amides is 1. The Morgan fingerprint density at radius 2 is 1.62 bits per heavy atom. The first kappa shape index (κ1) is 16.7. The topological polar surface area (TPSA) is 54.9 Å².